The molecule has 19 heavy (non-hydrogen) atoms. The van der Waals surface area contributed by atoms with Crippen molar-refractivity contribution >= 4 is 10.0 Å². The molecule has 0 aliphatic rings. The summed E-state index contributed by atoms with van der Waals surface area (Å²) in [7, 11) is -3.77. The van der Waals surface area contributed by atoms with Crippen LogP contribution in [0.15, 0.2) is 26.2 Å². The first kappa shape index (κ1) is 13.8. The summed E-state index contributed by atoms with van der Waals surface area (Å²) in [5, 5.41) is 12.9. The molecule has 0 aliphatic heterocycles. The summed E-state index contributed by atoms with van der Waals surface area (Å²) in [4.78, 5) is -0.0176. The van der Waals surface area contributed by atoms with E-state index in [4.69, 9.17) is 4.42 Å². The number of aliphatic hydroxyl groups excluding tert-OH is 1. The molecule has 0 aliphatic carbocycles. The smallest absolute Gasteiger partial charge is 0.244 e. The zero-order chi connectivity index (χ0) is 14.0. The van der Waals surface area contributed by atoms with Crippen molar-refractivity contribution in [2.24, 2.45) is 0 Å². The zero-order valence-electron chi connectivity index (χ0n) is 10.5. The Morgan fingerprint density at radius 1 is 1.37 bits per heavy atom. The lowest BCUT2D eigenvalue weighted by molar-refractivity contribution is 0.276. The van der Waals surface area contributed by atoms with E-state index in [1.54, 1.807) is 13.0 Å². The predicted molar refractivity (Wildman–Crippen MR) is 64.6 cm³/mol. The van der Waals surface area contributed by atoms with Gasteiger partial charge in [-0.3, -0.25) is 0 Å². The van der Waals surface area contributed by atoms with Crippen LogP contribution in [-0.4, -0.2) is 18.7 Å². The predicted octanol–water partition coefficient (Wildman–Crippen LogP) is 0.855. The number of aliphatic hydroxyl groups is 1. The van der Waals surface area contributed by atoms with Crippen LogP contribution in [-0.2, 0) is 23.2 Å². The van der Waals surface area contributed by atoms with Crippen molar-refractivity contribution in [3.8, 4) is 0 Å². The van der Waals surface area contributed by atoms with Gasteiger partial charge in [-0.25, -0.2) is 13.1 Å². The number of aryl methyl sites for hydroxylation is 2. The van der Waals surface area contributed by atoms with Gasteiger partial charge in [0.05, 0.1) is 18.8 Å². The van der Waals surface area contributed by atoms with Gasteiger partial charge in [0.25, 0.3) is 0 Å². The number of furan rings is 1. The van der Waals surface area contributed by atoms with E-state index in [9.17, 15) is 13.5 Å². The Morgan fingerprint density at radius 2 is 2.11 bits per heavy atom. The van der Waals surface area contributed by atoms with Crippen LogP contribution in [0.2, 0.25) is 0 Å². The molecule has 2 aromatic rings. The van der Waals surface area contributed by atoms with Crippen LogP contribution in [0.5, 0.6) is 0 Å². The topological polar surface area (TPSA) is 106 Å². The normalized spacial score (nSPS) is 11.9. The Labute approximate surface area is 110 Å². The highest BCUT2D eigenvalue weighted by molar-refractivity contribution is 7.89. The van der Waals surface area contributed by atoms with Gasteiger partial charge in [0.15, 0.2) is 0 Å². The Morgan fingerprint density at radius 3 is 2.68 bits per heavy atom. The number of hydrogen-bond donors (Lipinski definition) is 2. The fraction of sp³-hybridized carbons (Fsp3) is 0.364. The maximum atomic E-state index is 12.2. The summed E-state index contributed by atoms with van der Waals surface area (Å²) < 4.78 is 36.6. The van der Waals surface area contributed by atoms with E-state index >= 15 is 0 Å². The van der Waals surface area contributed by atoms with Gasteiger partial charge >= 0.3 is 0 Å². The molecule has 104 valence electrons. The van der Waals surface area contributed by atoms with E-state index in [0.29, 0.717) is 11.5 Å². The number of nitrogens with zero attached hydrogens (tertiary/aromatic N) is 1. The number of nitrogens with one attached hydrogen (secondary N) is 1. The molecule has 0 amide bonds. The average Bonchev–Trinajstić information content (AvgIpc) is 2.94. The zero-order valence-corrected chi connectivity index (χ0v) is 11.3. The van der Waals surface area contributed by atoms with Crippen molar-refractivity contribution < 1.29 is 22.5 Å². The van der Waals surface area contributed by atoms with Crippen LogP contribution < -0.4 is 4.72 Å². The molecular weight excluding hydrogens is 272 g/mol. The van der Waals surface area contributed by atoms with Crippen LogP contribution in [0, 0.1) is 13.8 Å². The summed E-state index contributed by atoms with van der Waals surface area (Å²) in [6.45, 7) is 2.75. The second kappa shape index (κ2) is 5.16. The van der Waals surface area contributed by atoms with Crippen LogP contribution in [0.3, 0.4) is 0 Å². The maximum absolute atomic E-state index is 12.2. The summed E-state index contributed by atoms with van der Waals surface area (Å²) >= 11 is 0. The van der Waals surface area contributed by atoms with E-state index in [2.05, 4.69) is 14.4 Å². The maximum Gasteiger partial charge on any atom is 0.244 e. The van der Waals surface area contributed by atoms with Crippen molar-refractivity contribution in [3.05, 3.63) is 35.1 Å². The molecule has 0 saturated heterocycles. The first-order valence-electron chi connectivity index (χ1n) is 5.54. The summed E-state index contributed by atoms with van der Waals surface area (Å²) in [5.41, 5.74) is 0.733. The van der Waals surface area contributed by atoms with Gasteiger partial charge in [0.2, 0.25) is 10.0 Å². The molecule has 7 nitrogen and oxygen atoms in total. The van der Waals surface area contributed by atoms with Gasteiger partial charge in [-0.05, 0) is 13.8 Å². The van der Waals surface area contributed by atoms with E-state index in [1.165, 1.54) is 13.2 Å². The Hall–Kier alpha value is -1.64. The van der Waals surface area contributed by atoms with Gasteiger partial charge in [-0.2, -0.15) is 0 Å². The Bertz CT molecular complexity index is 658. The quantitative estimate of drug-likeness (QED) is 0.844. The van der Waals surface area contributed by atoms with Crippen LogP contribution in [0.4, 0.5) is 0 Å². The highest BCUT2D eigenvalue weighted by atomic mass is 32.2. The van der Waals surface area contributed by atoms with E-state index < -0.39 is 16.6 Å². The molecule has 0 bridgehead atoms. The molecule has 2 rings (SSSR count). The first-order chi connectivity index (χ1) is 8.95. The SMILES string of the molecule is Cc1oc(C)c(S(=O)(=O)NCc2ccon2)c1CO. The minimum Gasteiger partial charge on any atom is -0.465 e. The molecule has 0 aromatic carbocycles. The summed E-state index contributed by atoms with van der Waals surface area (Å²) in [6, 6.07) is 1.56. The lowest BCUT2D eigenvalue weighted by Gasteiger charge is -2.05. The van der Waals surface area contributed by atoms with Gasteiger partial charge < -0.3 is 14.0 Å². The number of sulfonamides is 1. The van der Waals surface area contributed by atoms with E-state index in [1.807, 2.05) is 0 Å². The minimum atomic E-state index is -3.77. The molecule has 0 spiro atoms. The first-order valence-corrected chi connectivity index (χ1v) is 7.02. The third-order valence-electron chi connectivity index (χ3n) is 2.69. The van der Waals surface area contributed by atoms with E-state index in [-0.39, 0.29) is 22.8 Å². The largest absolute Gasteiger partial charge is 0.465 e. The van der Waals surface area contributed by atoms with Gasteiger partial charge in [-0.1, -0.05) is 5.16 Å². The fourth-order valence-corrected chi connectivity index (χ4v) is 3.25. The molecule has 0 saturated carbocycles. The van der Waals surface area contributed by atoms with Crippen molar-refractivity contribution in [3.63, 3.8) is 0 Å². The number of hydrogen-bond acceptors (Lipinski definition) is 6. The van der Waals surface area contributed by atoms with Gasteiger partial charge in [0, 0.05) is 11.6 Å². The Balaban J connectivity index is 2.29. The van der Waals surface area contributed by atoms with Gasteiger partial charge in [0.1, 0.15) is 22.7 Å². The highest BCUT2D eigenvalue weighted by Crippen LogP contribution is 2.26. The molecular formula is C11H14N2O5S. The lowest BCUT2D eigenvalue weighted by atomic mass is 10.2. The number of rotatable bonds is 5. The molecule has 2 heterocycles. The average molecular weight is 286 g/mol. The standard InChI is InChI=1S/C11H14N2O5S/c1-7-10(6-14)11(8(2)18-7)19(15,16)12-5-9-3-4-17-13-9/h3-4,12,14H,5-6H2,1-2H3. The van der Waals surface area contributed by atoms with Crippen molar-refractivity contribution in [1.29, 1.82) is 0 Å². The Kier molecular flexibility index (Phi) is 3.74. The molecule has 8 heteroatoms. The van der Waals surface area contributed by atoms with Gasteiger partial charge in [-0.15, -0.1) is 0 Å². The van der Waals surface area contributed by atoms with E-state index in [0.717, 1.165) is 0 Å². The van der Waals surface area contributed by atoms with Crippen LogP contribution in [0.1, 0.15) is 22.8 Å². The third kappa shape index (κ3) is 2.70. The highest BCUT2D eigenvalue weighted by Gasteiger charge is 2.26. The fourth-order valence-electron chi connectivity index (χ4n) is 1.81. The van der Waals surface area contributed by atoms with Crippen LogP contribution >= 0.6 is 0 Å². The van der Waals surface area contributed by atoms with Crippen molar-refractivity contribution in [2.75, 3.05) is 0 Å². The molecule has 2 aromatic heterocycles. The number of aromatic nitrogens is 1. The summed E-state index contributed by atoms with van der Waals surface area (Å²) in [6.07, 6.45) is 1.36. The molecule has 2 N–H and O–H groups in total. The monoisotopic (exact) mass is 286 g/mol. The molecule has 0 radical (unpaired) electrons. The second-order valence-electron chi connectivity index (χ2n) is 4.00. The van der Waals surface area contributed by atoms with Crippen LogP contribution in [0.25, 0.3) is 0 Å². The second-order valence-corrected chi connectivity index (χ2v) is 5.70. The molecule has 0 atom stereocenters. The minimum absolute atomic E-state index is 0.00731. The van der Waals surface area contributed by atoms with Crippen molar-refractivity contribution in [2.45, 2.75) is 31.9 Å². The molecule has 0 fully saturated rings. The van der Waals surface area contributed by atoms with Crippen molar-refractivity contribution in [1.82, 2.24) is 9.88 Å². The molecule has 0 unspecified atom stereocenters. The summed E-state index contributed by atoms with van der Waals surface area (Å²) in [5.74, 6) is 0.635. The third-order valence-corrected chi connectivity index (χ3v) is 4.28. The lowest BCUT2D eigenvalue weighted by Crippen LogP contribution is -2.24.